The highest BCUT2D eigenvalue weighted by molar-refractivity contribution is 5.45. The zero-order chi connectivity index (χ0) is 24.6. The molecule has 0 aliphatic carbocycles. The van der Waals surface area contributed by atoms with E-state index in [4.69, 9.17) is 11.5 Å². The largest absolute Gasteiger partial charge is 0.399 e. The number of aryl methyl sites for hydroxylation is 2. The molecule has 35 heavy (non-hydrogen) atoms. The Hall–Kier alpha value is -3.52. The fourth-order valence-corrected chi connectivity index (χ4v) is 4.87. The molecule has 2 nitrogen and oxygen atoms in total. The first-order valence-electron chi connectivity index (χ1n) is 12.9. The molecule has 0 saturated heterocycles. The van der Waals surface area contributed by atoms with E-state index in [-0.39, 0.29) is 0 Å². The van der Waals surface area contributed by atoms with Gasteiger partial charge in [0.15, 0.2) is 0 Å². The lowest BCUT2D eigenvalue weighted by atomic mass is 9.91. The lowest BCUT2D eigenvalue weighted by Gasteiger charge is -2.14. The topological polar surface area (TPSA) is 52.0 Å². The summed E-state index contributed by atoms with van der Waals surface area (Å²) in [4.78, 5) is 0. The third kappa shape index (κ3) is 6.76. The zero-order valence-corrected chi connectivity index (χ0v) is 21.2. The van der Waals surface area contributed by atoms with E-state index in [1.54, 1.807) is 0 Å². The van der Waals surface area contributed by atoms with Gasteiger partial charge in [-0.05, 0) is 101 Å². The van der Waals surface area contributed by atoms with Crippen LogP contribution in [0.5, 0.6) is 0 Å². The lowest BCUT2D eigenvalue weighted by molar-refractivity contribution is 0.895. The Kier molecular flexibility index (Phi) is 8.26. The maximum Gasteiger partial charge on any atom is 0.0314 e. The van der Waals surface area contributed by atoms with Crippen LogP contribution in [0.1, 0.15) is 71.2 Å². The highest BCUT2D eigenvalue weighted by atomic mass is 14.5. The van der Waals surface area contributed by atoms with Crippen molar-refractivity contribution in [1.29, 1.82) is 0 Å². The monoisotopic (exact) mass is 462 g/mol. The second-order valence-corrected chi connectivity index (χ2v) is 9.72. The molecule has 0 radical (unpaired) electrons. The van der Waals surface area contributed by atoms with E-state index in [1.165, 1.54) is 44.5 Å². The molecule has 0 unspecified atom stereocenters. The van der Waals surface area contributed by atoms with Gasteiger partial charge >= 0.3 is 0 Å². The molecule has 4 aromatic carbocycles. The van der Waals surface area contributed by atoms with E-state index >= 15 is 0 Å². The molecule has 4 aromatic rings. The van der Waals surface area contributed by atoms with Crippen LogP contribution in [0.25, 0.3) is 0 Å². The molecule has 0 amide bonds. The minimum Gasteiger partial charge on any atom is -0.399 e. The van der Waals surface area contributed by atoms with Crippen LogP contribution in [0.2, 0.25) is 0 Å². The molecular formula is C33H38N2. The predicted molar refractivity (Wildman–Crippen MR) is 151 cm³/mol. The van der Waals surface area contributed by atoms with Gasteiger partial charge in [0.2, 0.25) is 0 Å². The summed E-state index contributed by atoms with van der Waals surface area (Å²) >= 11 is 0. The maximum absolute atomic E-state index is 5.87. The van der Waals surface area contributed by atoms with E-state index in [0.717, 1.165) is 56.3 Å². The van der Waals surface area contributed by atoms with E-state index in [1.807, 2.05) is 24.3 Å². The second kappa shape index (κ2) is 11.8. The van der Waals surface area contributed by atoms with Crippen molar-refractivity contribution in [3.63, 3.8) is 0 Å². The molecule has 0 aliphatic heterocycles. The maximum atomic E-state index is 5.87. The Bertz CT molecular complexity index is 1140. The van der Waals surface area contributed by atoms with Crippen LogP contribution in [0.4, 0.5) is 11.4 Å². The van der Waals surface area contributed by atoms with Crippen LogP contribution in [-0.2, 0) is 32.1 Å². The first kappa shape index (κ1) is 24.6. The summed E-state index contributed by atoms with van der Waals surface area (Å²) in [6.07, 6.45) is 7.40. The smallest absolute Gasteiger partial charge is 0.0314 e. The molecule has 4 rings (SSSR count). The quantitative estimate of drug-likeness (QED) is 0.239. The standard InChI is InChI=1S/C33H38N2/c1-3-5-28-22-26(7-13-30(28)20-24-9-15-32(34)16-10-24)19-27-8-14-31(29(23-27)6-4-2)21-25-11-17-33(35)18-12-25/h7-18,22-23H,3-6,19-21,34-35H2,1-2H3. The number of nitrogen functional groups attached to an aromatic ring is 2. The fourth-order valence-electron chi connectivity index (χ4n) is 4.87. The van der Waals surface area contributed by atoms with Crippen molar-refractivity contribution in [2.75, 3.05) is 11.5 Å². The first-order chi connectivity index (χ1) is 17.0. The van der Waals surface area contributed by atoms with Gasteiger partial charge in [-0.1, -0.05) is 87.4 Å². The van der Waals surface area contributed by atoms with Crippen molar-refractivity contribution in [3.8, 4) is 0 Å². The minimum absolute atomic E-state index is 0.819. The zero-order valence-electron chi connectivity index (χ0n) is 21.2. The van der Waals surface area contributed by atoms with Crippen LogP contribution in [-0.4, -0.2) is 0 Å². The van der Waals surface area contributed by atoms with Crippen molar-refractivity contribution < 1.29 is 0 Å². The van der Waals surface area contributed by atoms with Gasteiger partial charge < -0.3 is 11.5 Å². The molecule has 0 aromatic heterocycles. The van der Waals surface area contributed by atoms with Crippen LogP contribution in [0.15, 0.2) is 84.9 Å². The summed E-state index contributed by atoms with van der Waals surface area (Å²) in [5.41, 5.74) is 24.6. The van der Waals surface area contributed by atoms with E-state index < -0.39 is 0 Å². The van der Waals surface area contributed by atoms with Gasteiger partial charge in [-0.25, -0.2) is 0 Å². The molecule has 180 valence electrons. The normalized spacial score (nSPS) is 11.0. The molecule has 0 aliphatic rings. The molecule has 0 atom stereocenters. The predicted octanol–water partition coefficient (Wildman–Crippen LogP) is 7.53. The molecule has 0 spiro atoms. The van der Waals surface area contributed by atoms with E-state index in [9.17, 15) is 0 Å². The van der Waals surface area contributed by atoms with Crippen LogP contribution < -0.4 is 11.5 Å². The van der Waals surface area contributed by atoms with Gasteiger partial charge in [-0.15, -0.1) is 0 Å². The Morgan fingerprint density at radius 1 is 0.429 bits per heavy atom. The second-order valence-electron chi connectivity index (χ2n) is 9.72. The summed E-state index contributed by atoms with van der Waals surface area (Å²) in [6, 6.07) is 30.7. The number of rotatable bonds is 10. The lowest BCUT2D eigenvalue weighted by Crippen LogP contribution is -2.01. The van der Waals surface area contributed by atoms with Crippen molar-refractivity contribution >= 4 is 11.4 Å². The Labute approximate surface area is 211 Å². The number of hydrogen-bond donors (Lipinski definition) is 2. The highest BCUT2D eigenvalue weighted by Crippen LogP contribution is 2.23. The van der Waals surface area contributed by atoms with Gasteiger partial charge in [0.05, 0.1) is 0 Å². The number of nitrogens with two attached hydrogens (primary N) is 2. The Morgan fingerprint density at radius 3 is 1.17 bits per heavy atom. The van der Waals surface area contributed by atoms with Crippen molar-refractivity contribution in [3.05, 3.63) is 129 Å². The third-order valence-electron chi connectivity index (χ3n) is 6.74. The van der Waals surface area contributed by atoms with Crippen LogP contribution in [0.3, 0.4) is 0 Å². The first-order valence-corrected chi connectivity index (χ1v) is 12.9. The van der Waals surface area contributed by atoms with E-state index in [0.29, 0.717) is 0 Å². The van der Waals surface area contributed by atoms with Crippen LogP contribution >= 0.6 is 0 Å². The highest BCUT2D eigenvalue weighted by Gasteiger charge is 2.09. The van der Waals surface area contributed by atoms with Crippen molar-refractivity contribution in [2.45, 2.75) is 58.8 Å². The number of anilines is 2. The summed E-state index contributed by atoms with van der Waals surface area (Å²) in [5, 5.41) is 0. The SMILES string of the molecule is CCCc1cc(Cc2ccc(Cc3ccc(N)cc3)c(CCC)c2)ccc1Cc1ccc(N)cc1. The summed E-state index contributed by atoms with van der Waals surface area (Å²) in [7, 11) is 0. The fraction of sp³-hybridized carbons (Fsp3) is 0.273. The van der Waals surface area contributed by atoms with Gasteiger partial charge in [0.1, 0.15) is 0 Å². The van der Waals surface area contributed by atoms with Gasteiger partial charge in [0, 0.05) is 11.4 Å². The molecule has 0 bridgehead atoms. The molecule has 4 N–H and O–H groups in total. The van der Waals surface area contributed by atoms with Crippen LogP contribution in [0, 0.1) is 0 Å². The molecular weight excluding hydrogens is 424 g/mol. The summed E-state index contributed by atoms with van der Waals surface area (Å²) in [5.74, 6) is 0. The molecule has 0 saturated carbocycles. The Morgan fingerprint density at radius 2 is 0.800 bits per heavy atom. The van der Waals surface area contributed by atoms with Gasteiger partial charge in [-0.2, -0.15) is 0 Å². The molecule has 0 fully saturated rings. The van der Waals surface area contributed by atoms with Crippen molar-refractivity contribution in [1.82, 2.24) is 0 Å². The average molecular weight is 463 g/mol. The molecule has 2 heteroatoms. The molecule has 0 heterocycles. The van der Waals surface area contributed by atoms with Crippen molar-refractivity contribution in [2.24, 2.45) is 0 Å². The third-order valence-corrected chi connectivity index (χ3v) is 6.74. The minimum atomic E-state index is 0.819. The summed E-state index contributed by atoms with van der Waals surface area (Å²) in [6.45, 7) is 4.52. The number of hydrogen-bond acceptors (Lipinski definition) is 2. The van der Waals surface area contributed by atoms with Gasteiger partial charge in [0.25, 0.3) is 0 Å². The van der Waals surface area contributed by atoms with Gasteiger partial charge in [-0.3, -0.25) is 0 Å². The average Bonchev–Trinajstić information content (AvgIpc) is 2.85. The summed E-state index contributed by atoms with van der Waals surface area (Å²) < 4.78 is 0. The Balaban J connectivity index is 1.54. The number of benzene rings is 4. The van der Waals surface area contributed by atoms with E-state index in [2.05, 4.69) is 74.5 Å².